The number of aldehydes is 2. The zero-order valence-electron chi connectivity index (χ0n) is 27.6. The molecule has 45 heavy (non-hydrogen) atoms. The van der Waals surface area contributed by atoms with Crippen LogP contribution in [0.4, 0.5) is 14.9 Å². The van der Waals surface area contributed by atoms with E-state index in [9.17, 15) is 23.9 Å². The van der Waals surface area contributed by atoms with Crippen LogP contribution in [0.1, 0.15) is 58.4 Å². The van der Waals surface area contributed by atoms with Crippen LogP contribution >= 0.6 is 0 Å². The van der Waals surface area contributed by atoms with E-state index in [4.69, 9.17) is 9.47 Å². The lowest BCUT2D eigenvalue weighted by atomic mass is 9.86. The Morgan fingerprint density at radius 1 is 1.13 bits per heavy atom. The molecule has 0 aromatic heterocycles. The number of halogens is 1. The summed E-state index contributed by atoms with van der Waals surface area (Å²) >= 11 is 0. The Morgan fingerprint density at radius 3 is 2.53 bits per heavy atom. The van der Waals surface area contributed by atoms with E-state index in [1.807, 2.05) is 59.2 Å². The number of hydrogen-bond donors (Lipinski definition) is 1. The Balaban J connectivity index is 1.76. The number of piperidine rings is 1. The van der Waals surface area contributed by atoms with Crippen LogP contribution < -0.4 is 4.90 Å². The van der Waals surface area contributed by atoms with Crippen molar-refractivity contribution in [3.63, 3.8) is 0 Å². The zero-order valence-corrected chi connectivity index (χ0v) is 27.6. The molecular weight excluding hydrogens is 577 g/mol. The minimum atomic E-state index is -0.744. The van der Waals surface area contributed by atoms with Gasteiger partial charge in [0.15, 0.2) is 0 Å². The molecule has 1 aromatic rings. The number of hydrogen-bond acceptors (Lipinski definition) is 8. The maximum Gasteiger partial charge on any atom is 0.410 e. The van der Waals surface area contributed by atoms with Crippen LogP contribution in [0, 0.1) is 23.6 Å². The summed E-state index contributed by atoms with van der Waals surface area (Å²) in [4.78, 5) is 42.4. The van der Waals surface area contributed by atoms with Crippen molar-refractivity contribution >= 4 is 30.4 Å². The van der Waals surface area contributed by atoms with Gasteiger partial charge in [-0.2, -0.15) is 0 Å². The Kier molecular flexibility index (Phi) is 14.7. The molecular formula is C35H52FN3O6. The summed E-state index contributed by atoms with van der Waals surface area (Å²) in [5, 5.41) is 10.1. The fourth-order valence-corrected chi connectivity index (χ4v) is 6.02. The minimum Gasteiger partial charge on any atom is -0.442 e. The number of benzene rings is 1. The fraction of sp³-hybridized carbons (Fsp3) is 0.629. The third-order valence-electron chi connectivity index (χ3n) is 9.02. The Morgan fingerprint density at radius 2 is 1.87 bits per heavy atom. The molecule has 3 rings (SSSR count). The smallest absolute Gasteiger partial charge is 0.410 e. The fourth-order valence-electron chi connectivity index (χ4n) is 6.02. The molecule has 6 atom stereocenters. The summed E-state index contributed by atoms with van der Waals surface area (Å²) in [6.45, 7) is 9.56. The maximum absolute atomic E-state index is 14.6. The molecule has 2 aliphatic rings. The topological polar surface area (TPSA) is 99.6 Å². The van der Waals surface area contributed by atoms with E-state index in [1.54, 1.807) is 4.90 Å². The number of morpholine rings is 1. The van der Waals surface area contributed by atoms with Crippen molar-refractivity contribution in [2.75, 3.05) is 58.4 Å². The number of aliphatic hydroxyl groups is 1. The number of nitrogens with zero attached hydrogens (tertiary/aromatic N) is 3. The van der Waals surface area contributed by atoms with Gasteiger partial charge in [-0.1, -0.05) is 31.6 Å². The molecule has 2 aliphatic heterocycles. The molecule has 1 N–H and O–H groups in total. The predicted octanol–water partition coefficient (Wildman–Crippen LogP) is 4.97. The second kappa shape index (κ2) is 18.2. The zero-order chi connectivity index (χ0) is 32.9. The van der Waals surface area contributed by atoms with Crippen LogP contribution in [0.5, 0.6) is 0 Å². The van der Waals surface area contributed by atoms with Gasteiger partial charge in [-0.15, -0.1) is 0 Å². The predicted molar refractivity (Wildman–Crippen MR) is 175 cm³/mol. The van der Waals surface area contributed by atoms with Gasteiger partial charge in [0, 0.05) is 50.2 Å². The van der Waals surface area contributed by atoms with Crippen molar-refractivity contribution in [2.45, 2.75) is 71.1 Å². The number of allylic oxidation sites excluding steroid dienone is 2. The normalized spacial score (nSPS) is 21.3. The van der Waals surface area contributed by atoms with Crippen molar-refractivity contribution in [3.8, 4) is 0 Å². The molecule has 0 aliphatic carbocycles. The molecule has 2 saturated heterocycles. The van der Waals surface area contributed by atoms with Crippen molar-refractivity contribution in [1.29, 1.82) is 0 Å². The first-order valence-electron chi connectivity index (χ1n) is 16.2. The van der Waals surface area contributed by atoms with E-state index in [0.717, 1.165) is 30.4 Å². The highest BCUT2D eigenvalue weighted by atomic mass is 19.1. The molecule has 1 amide bonds. The van der Waals surface area contributed by atoms with E-state index in [0.29, 0.717) is 64.1 Å². The monoisotopic (exact) mass is 629 g/mol. The highest BCUT2D eigenvalue weighted by molar-refractivity contribution is 5.69. The molecule has 0 spiro atoms. The summed E-state index contributed by atoms with van der Waals surface area (Å²) in [5.41, 5.74) is 2.27. The quantitative estimate of drug-likeness (QED) is 0.215. The average Bonchev–Trinajstić information content (AvgIpc) is 3.02. The van der Waals surface area contributed by atoms with Crippen molar-refractivity contribution in [2.24, 2.45) is 17.8 Å². The summed E-state index contributed by atoms with van der Waals surface area (Å²) in [6.07, 6.45) is 8.42. The van der Waals surface area contributed by atoms with Gasteiger partial charge in [0.2, 0.25) is 0 Å². The van der Waals surface area contributed by atoms with Gasteiger partial charge in [-0.3, -0.25) is 0 Å². The summed E-state index contributed by atoms with van der Waals surface area (Å²) in [5.74, 6) is -1.17. The first-order valence-corrected chi connectivity index (χ1v) is 16.2. The third kappa shape index (κ3) is 11.3. The van der Waals surface area contributed by atoms with Crippen LogP contribution in [-0.4, -0.2) is 105 Å². The summed E-state index contributed by atoms with van der Waals surface area (Å²) < 4.78 is 26.0. The SMILES string of the molecule is C/C(=C\c1cc(F)cc(N2CCOCC2)c1)[C@@H](C=O)[C@@H](C)/C=C/[C@H](OC(=O)N1CCCC(N(C)C)C1)[C@@H](C)CC[C@@H](O)CC=O. The molecule has 0 bridgehead atoms. The first kappa shape index (κ1) is 36.4. The van der Waals surface area contributed by atoms with E-state index >= 15 is 0 Å². The minimum absolute atomic E-state index is 0.0651. The van der Waals surface area contributed by atoms with Gasteiger partial charge in [-0.25, -0.2) is 9.18 Å². The van der Waals surface area contributed by atoms with Gasteiger partial charge >= 0.3 is 6.09 Å². The van der Waals surface area contributed by atoms with Gasteiger partial charge in [0.05, 0.1) is 19.3 Å². The Bertz CT molecular complexity index is 1170. The third-order valence-corrected chi connectivity index (χ3v) is 9.02. The molecule has 10 heteroatoms. The van der Waals surface area contributed by atoms with Gasteiger partial charge < -0.3 is 38.9 Å². The average molecular weight is 630 g/mol. The molecule has 2 heterocycles. The standard InChI is InChI=1S/C35H52FN3O6/c1-25(33(24-41)27(3)19-28-20-29(36)22-31(21-28)38-14-17-44-18-15-38)9-11-34(26(2)8-10-32(42)12-16-40)45-35(43)39-13-6-7-30(23-39)37(4)5/h9,11,16,19-22,24-26,30,32-34,42H,6-8,10,12-15,17-18,23H2,1-5H3/b11-9+,27-19+/t25-,26-,30?,32+,33-,34-/m0/s1. The maximum atomic E-state index is 14.6. The largest absolute Gasteiger partial charge is 0.442 e. The van der Waals surface area contributed by atoms with Crippen molar-refractivity contribution < 1.29 is 33.4 Å². The van der Waals surface area contributed by atoms with E-state index in [-0.39, 0.29) is 36.2 Å². The van der Waals surface area contributed by atoms with Gasteiger partial charge in [0.25, 0.3) is 0 Å². The first-order chi connectivity index (χ1) is 21.5. The molecule has 250 valence electrons. The molecule has 1 unspecified atom stereocenters. The summed E-state index contributed by atoms with van der Waals surface area (Å²) in [6, 6.07) is 5.18. The summed E-state index contributed by atoms with van der Waals surface area (Å²) in [7, 11) is 4.02. The second-order valence-corrected chi connectivity index (χ2v) is 12.8. The number of likely N-dealkylation sites (tertiary alicyclic amines) is 1. The second-order valence-electron chi connectivity index (χ2n) is 12.8. The lowest BCUT2D eigenvalue weighted by Gasteiger charge is -2.36. The van der Waals surface area contributed by atoms with Crippen LogP contribution in [0.3, 0.4) is 0 Å². The van der Waals surface area contributed by atoms with Gasteiger partial charge in [-0.05, 0) is 88.4 Å². The molecule has 0 radical (unpaired) electrons. The van der Waals surface area contributed by atoms with Crippen molar-refractivity contribution in [3.05, 3.63) is 47.3 Å². The number of carbonyl (C=O) groups excluding carboxylic acids is 3. The number of amides is 1. The molecule has 1 aromatic carbocycles. The van der Waals surface area contributed by atoms with Crippen molar-refractivity contribution in [1.82, 2.24) is 9.80 Å². The number of aliphatic hydroxyl groups excluding tert-OH is 1. The van der Waals surface area contributed by atoms with E-state index in [1.165, 1.54) is 12.1 Å². The highest BCUT2D eigenvalue weighted by Gasteiger charge is 2.29. The lowest BCUT2D eigenvalue weighted by molar-refractivity contribution is -0.111. The molecule has 2 fully saturated rings. The Labute approximate surface area is 268 Å². The molecule has 9 nitrogen and oxygen atoms in total. The number of likely N-dealkylation sites (N-methyl/N-ethyl adjacent to an activating group) is 1. The Hall–Kier alpha value is -3.08. The lowest BCUT2D eigenvalue weighted by Crippen LogP contribution is -2.48. The number of ether oxygens (including phenoxy) is 2. The van der Waals surface area contributed by atoms with Crippen LogP contribution in [0.2, 0.25) is 0 Å². The number of carbonyl (C=O) groups is 3. The van der Waals surface area contributed by atoms with Crippen LogP contribution in [0.15, 0.2) is 35.9 Å². The molecule has 0 saturated carbocycles. The highest BCUT2D eigenvalue weighted by Crippen LogP contribution is 2.27. The van der Waals surface area contributed by atoms with Crippen LogP contribution in [0.25, 0.3) is 6.08 Å². The van der Waals surface area contributed by atoms with Crippen LogP contribution in [-0.2, 0) is 19.1 Å². The number of rotatable bonds is 15. The van der Waals surface area contributed by atoms with E-state index < -0.39 is 18.1 Å². The number of anilines is 1. The van der Waals surface area contributed by atoms with Gasteiger partial charge in [0.1, 0.15) is 24.5 Å². The van der Waals surface area contributed by atoms with E-state index in [2.05, 4.69) is 9.80 Å².